The van der Waals surface area contributed by atoms with Crippen LogP contribution in [0.3, 0.4) is 0 Å². The number of aliphatic imine (C=N–C) groups is 1. The van der Waals surface area contributed by atoms with E-state index in [1.807, 2.05) is 42.5 Å². The molecule has 0 fully saturated rings. The zero-order chi connectivity index (χ0) is 19.1. The predicted molar refractivity (Wildman–Crippen MR) is 106 cm³/mol. The Morgan fingerprint density at radius 2 is 1.81 bits per heavy atom. The third-order valence-corrected chi connectivity index (χ3v) is 3.98. The van der Waals surface area contributed by atoms with E-state index in [9.17, 15) is 4.79 Å². The van der Waals surface area contributed by atoms with Crippen molar-refractivity contribution in [1.29, 1.82) is 5.26 Å². The molecule has 0 aromatic heterocycles. The molecule has 0 saturated heterocycles. The van der Waals surface area contributed by atoms with Crippen LogP contribution in [-0.2, 0) is 4.74 Å². The fraction of sp³-hybridized carbons (Fsp3) is 0.0870. The summed E-state index contributed by atoms with van der Waals surface area (Å²) in [5, 5.41) is 9.01. The van der Waals surface area contributed by atoms with Crippen LogP contribution in [0.2, 0.25) is 0 Å². The van der Waals surface area contributed by atoms with Crippen LogP contribution in [0, 0.1) is 11.3 Å². The van der Waals surface area contributed by atoms with Crippen LogP contribution in [0.4, 0.5) is 5.69 Å². The van der Waals surface area contributed by atoms with Gasteiger partial charge in [-0.05, 0) is 48.4 Å². The first-order valence-electron chi connectivity index (χ1n) is 8.62. The van der Waals surface area contributed by atoms with E-state index in [-0.39, 0.29) is 5.97 Å². The molecule has 0 N–H and O–H groups in total. The third kappa shape index (κ3) is 4.47. The monoisotopic (exact) mass is 354 g/mol. The Labute approximate surface area is 158 Å². The summed E-state index contributed by atoms with van der Waals surface area (Å²) in [5.41, 5.74) is 4.44. The molecule has 0 aliphatic heterocycles. The Morgan fingerprint density at radius 3 is 2.48 bits per heavy atom. The molecule has 3 aromatic carbocycles. The largest absolute Gasteiger partial charge is 0.462 e. The van der Waals surface area contributed by atoms with Gasteiger partial charge in [-0.15, -0.1) is 0 Å². The van der Waals surface area contributed by atoms with E-state index in [0.29, 0.717) is 17.7 Å². The SMILES string of the molecule is CCOC(=O)c1ccc(N=Cc2ccccc2)c(-c2ccc(C#N)cc2)c1. The maximum Gasteiger partial charge on any atom is 0.338 e. The summed E-state index contributed by atoms with van der Waals surface area (Å²) in [4.78, 5) is 16.7. The molecule has 0 aliphatic rings. The second-order valence-corrected chi connectivity index (χ2v) is 5.81. The highest BCUT2D eigenvalue weighted by molar-refractivity contribution is 5.94. The van der Waals surface area contributed by atoms with E-state index in [4.69, 9.17) is 10.00 Å². The van der Waals surface area contributed by atoms with Crippen LogP contribution in [0.25, 0.3) is 11.1 Å². The van der Waals surface area contributed by atoms with Gasteiger partial charge in [-0.25, -0.2) is 4.79 Å². The van der Waals surface area contributed by atoms with E-state index in [2.05, 4.69) is 11.1 Å². The van der Waals surface area contributed by atoms with E-state index < -0.39 is 0 Å². The molecular weight excluding hydrogens is 336 g/mol. The molecule has 132 valence electrons. The predicted octanol–water partition coefficient (Wildman–Crippen LogP) is 5.15. The number of hydrogen-bond donors (Lipinski definition) is 0. The molecule has 3 rings (SSSR count). The molecule has 4 nitrogen and oxygen atoms in total. The number of benzene rings is 3. The van der Waals surface area contributed by atoms with Crippen LogP contribution < -0.4 is 0 Å². The second kappa shape index (κ2) is 8.59. The van der Waals surface area contributed by atoms with E-state index >= 15 is 0 Å². The van der Waals surface area contributed by atoms with Crippen molar-refractivity contribution in [2.75, 3.05) is 6.61 Å². The summed E-state index contributed by atoms with van der Waals surface area (Å²) < 4.78 is 5.10. The average Bonchev–Trinajstić information content (AvgIpc) is 2.73. The van der Waals surface area contributed by atoms with Gasteiger partial charge in [0, 0.05) is 11.8 Å². The molecule has 0 atom stereocenters. The van der Waals surface area contributed by atoms with E-state index in [1.165, 1.54) is 0 Å². The van der Waals surface area contributed by atoms with Gasteiger partial charge >= 0.3 is 5.97 Å². The zero-order valence-electron chi connectivity index (χ0n) is 14.9. The molecule has 3 aromatic rings. The highest BCUT2D eigenvalue weighted by Gasteiger charge is 2.12. The van der Waals surface area contributed by atoms with Gasteiger partial charge in [0.15, 0.2) is 0 Å². The van der Waals surface area contributed by atoms with Crippen molar-refractivity contribution in [1.82, 2.24) is 0 Å². The highest BCUT2D eigenvalue weighted by atomic mass is 16.5. The molecule has 0 saturated carbocycles. The standard InChI is InChI=1S/C23H18N2O2/c1-2-27-23(26)20-12-13-22(25-16-18-6-4-3-5-7-18)21(14-20)19-10-8-17(15-24)9-11-19/h3-14,16H,2H2,1H3. The molecule has 0 unspecified atom stereocenters. The van der Waals surface area contributed by atoms with Crippen molar-refractivity contribution in [3.63, 3.8) is 0 Å². The summed E-state index contributed by atoms with van der Waals surface area (Å²) >= 11 is 0. The van der Waals surface area contributed by atoms with Crippen LogP contribution in [0.15, 0.2) is 77.8 Å². The normalized spacial score (nSPS) is 10.5. The molecule has 27 heavy (non-hydrogen) atoms. The zero-order valence-corrected chi connectivity index (χ0v) is 14.9. The first-order chi connectivity index (χ1) is 13.2. The summed E-state index contributed by atoms with van der Waals surface area (Å²) in [6.07, 6.45) is 1.78. The van der Waals surface area contributed by atoms with E-state index in [1.54, 1.807) is 43.5 Å². The lowest BCUT2D eigenvalue weighted by molar-refractivity contribution is 0.0526. The van der Waals surface area contributed by atoms with Gasteiger partial charge in [-0.2, -0.15) is 5.26 Å². The first-order valence-corrected chi connectivity index (χ1v) is 8.62. The third-order valence-electron chi connectivity index (χ3n) is 3.98. The minimum atomic E-state index is -0.369. The summed E-state index contributed by atoms with van der Waals surface area (Å²) in [7, 11) is 0. The lowest BCUT2D eigenvalue weighted by Gasteiger charge is -2.09. The number of carbonyl (C=O) groups is 1. The first kappa shape index (κ1) is 18.1. The minimum absolute atomic E-state index is 0.318. The van der Waals surface area contributed by atoms with Gasteiger partial charge in [0.2, 0.25) is 0 Å². The average molecular weight is 354 g/mol. The van der Waals surface area contributed by atoms with E-state index in [0.717, 1.165) is 22.4 Å². The number of ether oxygens (including phenoxy) is 1. The van der Waals surface area contributed by atoms with Crippen LogP contribution in [0.5, 0.6) is 0 Å². The highest BCUT2D eigenvalue weighted by Crippen LogP contribution is 2.32. The molecular formula is C23H18N2O2. The Hall–Kier alpha value is -3.71. The quantitative estimate of drug-likeness (QED) is 0.470. The van der Waals surface area contributed by atoms with Gasteiger partial charge in [0.25, 0.3) is 0 Å². The van der Waals surface area contributed by atoms with Crippen molar-refractivity contribution in [2.24, 2.45) is 4.99 Å². The van der Waals surface area contributed by atoms with Crippen LogP contribution in [0.1, 0.15) is 28.4 Å². The second-order valence-electron chi connectivity index (χ2n) is 5.81. The topological polar surface area (TPSA) is 62.4 Å². The smallest absolute Gasteiger partial charge is 0.338 e. The number of nitrogens with zero attached hydrogens (tertiary/aromatic N) is 2. The summed E-state index contributed by atoms with van der Waals surface area (Å²) in [6, 6.07) is 24.4. The van der Waals surface area contributed by atoms with Crippen molar-refractivity contribution in [2.45, 2.75) is 6.92 Å². The lowest BCUT2D eigenvalue weighted by atomic mass is 10.00. The van der Waals surface area contributed by atoms with Gasteiger partial charge in [-0.3, -0.25) is 4.99 Å². The Morgan fingerprint density at radius 1 is 1.07 bits per heavy atom. The van der Waals surface area contributed by atoms with Crippen molar-refractivity contribution < 1.29 is 9.53 Å². The van der Waals surface area contributed by atoms with Gasteiger partial charge in [-0.1, -0.05) is 42.5 Å². The summed E-state index contributed by atoms with van der Waals surface area (Å²) in [5.74, 6) is -0.369. The van der Waals surface area contributed by atoms with Crippen molar-refractivity contribution >= 4 is 17.9 Å². The maximum atomic E-state index is 12.1. The summed E-state index contributed by atoms with van der Waals surface area (Å²) in [6.45, 7) is 2.09. The Balaban J connectivity index is 2.04. The Kier molecular flexibility index (Phi) is 5.76. The molecule has 0 radical (unpaired) electrons. The fourth-order valence-electron chi connectivity index (χ4n) is 2.63. The van der Waals surface area contributed by atoms with Gasteiger partial charge in [0.1, 0.15) is 0 Å². The van der Waals surface area contributed by atoms with Crippen molar-refractivity contribution in [3.8, 4) is 17.2 Å². The minimum Gasteiger partial charge on any atom is -0.462 e. The van der Waals surface area contributed by atoms with Gasteiger partial charge < -0.3 is 4.74 Å². The lowest BCUT2D eigenvalue weighted by Crippen LogP contribution is -2.04. The number of hydrogen-bond acceptors (Lipinski definition) is 4. The molecule has 0 aliphatic carbocycles. The maximum absolute atomic E-state index is 12.1. The molecule has 0 bridgehead atoms. The molecule has 0 amide bonds. The number of carbonyl (C=O) groups excluding carboxylic acids is 1. The fourth-order valence-corrected chi connectivity index (χ4v) is 2.63. The molecule has 0 spiro atoms. The van der Waals surface area contributed by atoms with Gasteiger partial charge in [0.05, 0.1) is 29.5 Å². The molecule has 0 heterocycles. The van der Waals surface area contributed by atoms with Crippen LogP contribution in [-0.4, -0.2) is 18.8 Å². The van der Waals surface area contributed by atoms with Crippen molar-refractivity contribution in [3.05, 3.63) is 89.5 Å². The number of nitriles is 1. The number of esters is 1. The Bertz CT molecular complexity index is 1000. The van der Waals surface area contributed by atoms with Crippen LogP contribution >= 0.6 is 0 Å². The number of rotatable bonds is 5. The molecule has 4 heteroatoms.